The highest BCUT2D eigenvalue weighted by molar-refractivity contribution is 6.01. The zero-order valence-corrected chi connectivity index (χ0v) is 19.3. The van der Waals surface area contributed by atoms with Crippen molar-refractivity contribution in [2.75, 3.05) is 13.7 Å². The van der Waals surface area contributed by atoms with Gasteiger partial charge in [-0.3, -0.25) is 9.59 Å². The number of methoxy groups -OCH3 is 1. The largest absolute Gasteiger partial charge is 0.393 e. The van der Waals surface area contributed by atoms with Gasteiger partial charge in [-0.05, 0) is 55.6 Å². The zero-order valence-electron chi connectivity index (χ0n) is 19.3. The first-order valence-corrected chi connectivity index (χ1v) is 11.5. The molecule has 4 rings (SSSR count). The predicted molar refractivity (Wildman–Crippen MR) is 121 cm³/mol. The first kappa shape index (κ1) is 25.5. The Kier molecular flexibility index (Phi) is 8.44. The second kappa shape index (κ2) is 10.3. The summed E-state index contributed by atoms with van der Waals surface area (Å²) in [6.45, 7) is 6.21. The number of hydrogen-bond acceptors (Lipinski definition) is 5. The molecule has 0 aliphatic heterocycles. The molecular formula is C26H38O5. The lowest BCUT2D eigenvalue weighted by Crippen LogP contribution is -2.59. The van der Waals surface area contributed by atoms with Gasteiger partial charge in [0.2, 0.25) is 0 Å². The van der Waals surface area contributed by atoms with Gasteiger partial charge in [0.15, 0.2) is 11.6 Å². The van der Waals surface area contributed by atoms with Crippen molar-refractivity contribution in [2.45, 2.75) is 71.0 Å². The quantitative estimate of drug-likeness (QED) is 0.667. The van der Waals surface area contributed by atoms with Crippen molar-refractivity contribution >= 4 is 11.6 Å². The van der Waals surface area contributed by atoms with Crippen LogP contribution in [0, 0.1) is 41.9 Å². The lowest BCUT2D eigenvalue weighted by atomic mass is 9.49. The Morgan fingerprint density at radius 3 is 2.58 bits per heavy atom. The standard InChI is InChI=1S/C22H30O5.C2H6.C2H2/c1-21-8-7-15(23)9-13(21)3-5-17-18-6-4-14(10-16(24)12-27-2)22(18,26)11-19(25)20(17)21;2*1-2/h7-9,14,17-20,25-26H,3-6,10-12H2,1-2H3;1-2H3;1-2H. The Morgan fingerprint density at radius 1 is 1.26 bits per heavy atom. The van der Waals surface area contributed by atoms with Crippen molar-refractivity contribution in [3.8, 4) is 12.8 Å². The van der Waals surface area contributed by atoms with Gasteiger partial charge in [0.1, 0.15) is 6.61 Å². The van der Waals surface area contributed by atoms with Crippen LogP contribution in [0.15, 0.2) is 23.8 Å². The molecule has 0 amide bonds. The topological polar surface area (TPSA) is 83.8 Å². The molecule has 0 heterocycles. The Balaban J connectivity index is 0.000000807. The van der Waals surface area contributed by atoms with E-state index in [9.17, 15) is 19.8 Å². The van der Waals surface area contributed by atoms with Crippen LogP contribution in [0.4, 0.5) is 0 Å². The minimum absolute atomic E-state index is 0.0144. The normalized spacial score (nSPS) is 40.1. The van der Waals surface area contributed by atoms with Gasteiger partial charge in [0.25, 0.3) is 0 Å². The van der Waals surface area contributed by atoms with Gasteiger partial charge < -0.3 is 14.9 Å². The van der Waals surface area contributed by atoms with E-state index in [0.29, 0.717) is 12.8 Å². The van der Waals surface area contributed by atoms with Crippen molar-refractivity contribution in [1.82, 2.24) is 0 Å². The monoisotopic (exact) mass is 430 g/mol. The number of aliphatic hydroxyl groups excluding tert-OH is 1. The smallest absolute Gasteiger partial charge is 0.178 e. The molecule has 0 aromatic rings. The number of rotatable bonds is 4. The van der Waals surface area contributed by atoms with Crippen LogP contribution in [-0.2, 0) is 14.3 Å². The molecule has 4 aliphatic carbocycles. The fourth-order valence-electron chi connectivity index (χ4n) is 6.81. The van der Waals surface area contributed by atoms with Gasteiger partial charge in [-0.15, -0.1) is 12.8 Å². The van der Waals surface area contributed by atoms with Crippen LogP contribution in [0.2, 0.25) is 0 Å². The lowest BCUT2D eigenvalue weighted by Gasteiger charge is -2.58. The molecule has 4 aliphatic rings. The third kappa shape index (κ3) is 4.44. The van der Waals surface area contributed by atoms with E-state index in [2.05, 4.69) is 19.8 Å². The summed E-state index contributed by atoms with van der Waals surface area (Å²) in [4.78, 5) is 23.9. The predicted octanol–water partition coefficient (Wildman–Crippen LogP) is 3.49. The molecule has 7 atom stereocenters. The van der Waals surface area contributed by atoms with E-state index in [1.54, 1.807) is 12.2 Å². The Labute approximate surface area is 186 Å². The fourth-order valence-corrected chi connectivity index (χ4v) is 6.81. The van der Waals surface area contributed by atoms with Gasteiger partial charge in [-0.1, -0.05) is 32.4 Å². The molecule has 0 spiro atoms. The highest BCUT2D eigenvalue weighted by Crippen LogP contribution is 2.63. The van der Waals surface area contributed by atoms with E-state index in [4.69, 9.17) is 4.74 Å². The second-order valence-corrected chi connectivity index (χ2v) is 9.24. The second-order valence-electron chi connectivity index (χ2n) is 9.24. The Bertz CT molecular complexity index is 750. The third-order valence-electron chi connectivity index (χ3n) is 7.93. The summed E-state index contributed by atoms with van der Waals surface area (Å²) in [7, 11) is 1.51. The first-order chi connectivity index (χ1) is 14.8. The van der Waals surface area contributed by atoms with Crippen LogP contribution < -0.4 is 0 Å². The number of fused-ring (bicyclic) bond motifs is 5. The van der Waals surface area contributed by atoms with Crippen LogP contribution in [0.5, 0.6) is 0 Å². The molecule has 5 nitrogen and oxygen atoms in total. The molecule has 0 saturated heterocycles. The number of hydrogen-bond donors (Lipinski definition) is 2. The number of Topliss-reactive ketones (excluding diaryl/α,β-unsaturated/α-hetero) is 1. The summed E-state index contributed by atoms with van der Waals surface area (Å²) in [6.07, 6.45) is 16.8. The van der Waals surface area contributed by atoms with Gasteiger partial charge in [-0.25, -0.2) is 0 Å². The maximum Gasteiger partial charge on any atom is 0.178 e. The minimum atomic E-state index is -0.976. The van der Waals surface area contributed by atoms with Crippen molar-refractivity contribution < 1.29 is 24.5 Å². The van der Waals surface area contributed by atoms with Crippen LogP contribution in [0.3, 0.4) is 0 Å². The highest BCUT2D eigenvalue weighted by Gasteiger charge is 2.62. The van der Waals surface area contributed by atoms with E-state index >= 15 is 0 Å². The molecule has 0 aromatic heterocycles. The van der Waals surface area contributed by atoms with Crippen molar-refractivity contribution in [3.63, 3.8) is 0 Å². The van der Waals surface area contributed by atoms with Gasteiger partial charge in [0, 0.05) is 31.3 Å². The number of ketones is 2. The van der Waals surface area contributed by atoms with E-state index < -0.39 is 11.7 Å². The molecule has 7 unspecified atom stereocenters. The molecule has 0 bridgehead atoms. The van der Waals surface area contributed by atoms with Crippen molar-refractivity contribution in [3.05, 3.63) is 23.8 Å². The number of aliphatic hydroxyl groups is 2. The maximum atomic E-state index is 12.1. The van der Waals surface area contributed by atoms with Crippen molar-refractivity contribution in [2.24, 2.45) is 29.1 Å². The van der Waals surface area contributed by atoms with Crippen LogP contribution in [0.1, 0.15) is 59.3 Å². The average Bonchev–Trinajstić information content (AvgIpc) is 3.07. The summed E-state index contributed by atoms with van der Waals surface area (Å²) < 4.78 is 4.95. The van der Waals surface area contributed by atoms with E-state index in [1.165, 1.54) is 7.11 Å². The number of ether oxygens (including phenoxy) is 1. The van der Waals surface area contributed by atoms with Crippen LogP contribution in [0.25, 0.3) is 0 Å². The molecule has 3 fully saturated rings. The van der Waals surface area contributed by atoms with Gasteiger partial charge in [-0.2, -0.15) is 0 Å². The summed E-state index contributed by atoms with van der Waals surface area (Å²) >= 11 is 0. The maximum absolute atomic E-state index is 12.1. The van der Waals surface area contributed by atoms with E-state index in [0.717, 1.165) is 31.3 Å². The number of carbonyl (C=O) groups is 2. The molecular weight excluding hydrogens is 392 g/mol. The molecule has 31 heavy (non-hydrogen) atoms. The number of allylic oxidation sites excluding steroid dienone is 4. The van der Waals surface area contributed by atoms with E-state index in [1.807, 2.05) is 19.9 Å². The van der Waals surface area contributed by atoms with Crippen molar-refractivity contribution in [1.29, 1.82) is 0 Å². The molecule has 0 aromatic carbocycles. The first-order valence-electron chi connectivity index (χ1n) is 11.5. The summed E-state index contributed by atoms with van der Waals surface area (Å²) in [5.74, 6) is 0.273. The lowest BCUT2D eigenvalue weighted by molar-refractivity contribution is -0.170. The number of carbonyl (C=O) groups excluding carboxylic acids is 2. The molecule has 0 radical (unpaired) electrons. The van der Waals surface area contributed by atoms with Gasteiger partial charge >= 0.3 is 0 Å². The number of terminal acetylenes is 1. The molecule has 3 saturated carbocycles. The molecule has 5 heteroatoms. The SMILES string of the molecule is C#C.CC.COCC(=O)CC1CCC2C3CCC4=CC(=O)C=CC4(C)C3C(O)CC12O. The summed E-state index contributed by atoms with van der Waals surface area (Å²) in [5, 5.41) is 22.7. The Hall–Kier alpha value is -1.74. The minimum Gasteiger partial charge on any atom is -0.393 e. The van der Waals surface area contributed by atoms with Gasteiger partial charge in [0.05, 0.1) is 11.7 Å². The van der Waals surface area contributed by atoms with E-state index in [-0.39, 0.29) is 47.3 Å². The molecule has 2 N–H and O–H groups in total. The summed E-state index contributed by atoms with van der Waals surface area (Å²) in [6, 6.07) is 0. The summed E-state index contributed by atoms with van der Waals surface area (Å²) in [5.41, 5.74) is -0.178. The average molecular weight is 431 g/mol. The molecule has 172 valence electrons. The fraction of sp³-hybridized carbons (Fsp3) is 0.692. The Morgan fingerprint density at radius 2 is 1.94 bits per heavy atom. The van der Waals surface area contributed by atoms with Crippen LogP contribution >= 0.6 is 0 Å². The third-order valence-corrected chi connectivity index (χ3v) is 7.93. The van der Waals surface area contributed by atoms with Crippen LogP contribution in [-0.4, -0.2) is 47.2 Å². The zero-order chi connectivity index (χ0) is 23.4. The highest BCUT2D eigenvalue weighted by atomic mass is 16.5.